The number of hydrogen-bond donors (Lipinski definition) is 2. The van der Waals surface area contributed by atoms with Gasteiger partial charge in [0.2, 0.25) is 0 Å². The molecule has 1 aromatic heterocycles. The van der Waals surface area contributed by atoms with Gasteiger partial charge in [0.1, 0.15) is 11.5 Å². The summed E-state index contributed by atoms with van der Waals surface area (Å²) in [6, 6.07) is 7.18. The van der Waals surface area contributed by atoms with E-state index in [1.54, 1.807) is 12.3 Å². The molecule has 9 heteroatoms. The molecule has 29 heavy (non-hydrogen) atoms. The maximum Gasteiger partial charge on any atom is 0.353 e. The number of methoxy groups -OCH3 is 1. The Morgan fingerprint density at radius 2 is 1.97 bits per heavy atom. The first-order chi connectivity index (χ1) is 13.8. The Kier molecular flexibility index (Phi) is 7.38. The molecule has 2 rings (SSSR count). The summed E-state index contributed by atoms with van der Waals surface area (Å²) in [5.74, 6) is -0.594. The fourth-order valence-corrected chi connectivity index (χ4v) is 3.22. The van der Waals surface area contributed by atoms with Gasteiger partial charge in [0.25, 0.3) is 0 Å². The van der Waals surface area contributed by atoms with Gasteiger partial charge in [0.15, 0.2) is 11.4 Å². The quantitative estimate of drug-likeness (QED) is 0.168. The second-order valence-corrected chi connectivity index (χ2v) is 7.01. The van der Waals surface area contributed by atoms with Crippen LogP contribution in [0.3, 0.4) is 0 Å². The van der Waals surface area contributed by atoms with Crippen LogP contribution in [0.5, 0.6) is 0 Å². The van der Waals surface area contributed by atoms with Gasteiger partial charge in [-0.05, 0) is 42.8 Å². The van der Waals surface area contributed by atoms with Gasteiger partial charge in [0, 0.05) is 22.6 Å². The summed E-state index contributed by atoms with van der Waals surface area (Å²) in [4.78, 5) is 34.6. The molecule has 0 saturated carbocycles. The van der Waals surface area contributed by atoms with Crippen LogP contribution >= 0.6 is 11.8 Å². The number of carbonyl (C=O) groups is 3. The Bertz CT molecular complexity index is 994. The molecule has 0 aliphatic carbocycles. The molecule has 0 saturated heterocycles. The third kappa shape index (κ3) is 5.35. The van der Waals surface area contributed by atoms with Crippen molar-refractivity contribution in [3.63, 3.8) is 0 Å². The number of carbonyl (C=O) groups excluding carboxylic acids is 3. The van der Waals surface area contributed by atoms with Gasteiger partial charge in [-0.25, -0.2) is 9.48 Å². The molecule has 1 atom stereocenters. The fraction of sp³-hybridized carbons (Fsp3) is 0.200. The highest BCUT2D eigenvalue weighted by Crippen LogP contribution is 2.29. The van der Waals surface area contributed by atoms with Crippen LogP contribution in [-0.2, 0) is 14.3 Å². The molecule has 0 amide bonds. The summed E-state index contributed by atoms with van der Waals surface area (Å²) in [7, 11) is 1.24. The number of aromatic nitrogens is 2. The number of ketones is 1. The van der Waals surface area contributed by atoms with Crippen molar-refractivity contribution in [3.8, 4) is 0 Å². The van der Waals surface area contributed by atoms with Crippen LogP contribution in [0.4, 0.5) is 0 Å². The molecule has 2 aromatic rings. The van der Waals surface area contributed by atoms with E-state index in [4.69, 9.17) is 11.5 Å². The second kappa shape index (κ2) is 9.74. The Hall–Kier alpha value is -3.33. The standard InChI is InChI=1S/C20H22N4O4S/c1-12(14-4-5-15(13(2)26)18(10-14)29-11-25)17-8-9-24(23-17)19(22)7-6-16(21)20(27)28-3/h4-12H,21-22H2,1-3H3/b16-6-,19-7+. The zero-order chi connectivity index (χ0) is 21.6. The normalized spacial score (nSPS) is 13.1. The fourth-order valence-electron chi connectivity index (χ4n) is 2.57. The number of Topliss-reactive ketones (excluding diaryl/α,β-unsaturated/α-hetero) is 1. The molecular weight excluding hydrogens is 392 g/mol. The molecule has 0 spiro atoms. The van der Waals surface area contributed by atoms with E-state index in [1.165, 1.54) is 30.9 Å². The summed E-state index contributed by atoms with van der Waals surface area (Å²) < 4.78 is 5.97. The van der Waals surface area contributed by atoms with Crippen molar-refractivity contribution < 1.29 is 19.1 Å². The molecular formula is C20H22N4O4S. The molecule has 1 heterocycles. The van der Waals surface area contributed by atoms with E-state index in [1.807, 2.05) is 25.1 Å². The number of rotatable bonds is 8. The van der Waals surface area contributed by atoms with Gasteiger partial charge >= 0.3 is 5.97 Å². The predicted molar refractivity (Wildman–Crippen MR) is 112 cm³/mol. The summed E-state index contributed by atoms with van der Waals surface area (Å²) in [5.41, 5.74) is 14.3. The number of esters is 1. The first-order valence-electron chi connectivity index (χ1n) is 8.60. The first kappa shape index (κ1) is 22.0. The molecule has 0 bridgehead atoms. The van der Waals surface area contributed by atoms with Gasteiger partial charge in [-0.2, -0.15) is 5.10 Å². The number of ether oxygens (including phenoxy) is 1. The van der Waals surface area contributed by atoms with Crippen molar-refractivity contribution in [1.29, 1.82) is 0 Å². The maximum absolute atomic E-state index is 11.7. The number of nitrogens with zero attached hydrogens (tertiary/aromatic N) is 2. The van der Waals surface area contributed by atoms with E-state index < -0.39 is 5.97 Å². The number of nitrogens with two attached hydrogens (primary N) is 2. The van der Waals surface area contributed by atoms with Crippen molar-refractivity contribution in [2.75, 3.05) is 7.11 Å². The zero-order valence-electron chi connectivity index (χ0n) is 16.3. The number of thioether (sulfide) groups is 1. The summed E-state index contributed by atoms with van der Waals surface area (Å²) in [6.07, 6.45) is 4.48. The van der Waals surface area contributed by atoms with Crippen LogP contribution in [0.2, 0.25) is 0 Å². The van der Waals surface area contributed by atoms with E-state index in [9.17, 15) is 14.4 Å². The summed E-state index contributed by atoms with van der Waals surface area (Å²) in [5, 5.41) is 4.46. The Labute approximate surface area is 172 Å². The SMILES string of the molecule is COC(=O)/C(N)=C/C=C(\N)n1ccc(C(C)c2ccc(C(C)=O)c(SC=O)c2)n1. The predicted octanol–water partition coefficient (Wildman–Crippen LogP) is 2.29. The smallest absolute Gasteiger partial charge is 0.353 e. The lowest BCUT2D eigenvalue weighted by atomic mass is 9.96. The van der Waals surface area contributed by atoms with Gasteiger partial charge in [0.05, 0.1) is 12.8 Å². The number of hydrogen-bond acceptors (Lipinski definition) is 8. The Balaban J connectivity index is 2.28. The van der Waals surface area contributed by atoms with E-state index in [2.05, 4.69) is 9.84 Å². The van der Waals surface area contributed by atoms with Crippen molar-refractivity contribution in [2.45, 2.75) is 24.7 Å². The minimum absolute atomic E-state index is 0.0815. The highest BCUT2D eigenvalue weighted by atomic mass is 32.2. The highest BCUT2D eigenvalue weighted by Gasteiger charge is 2.16. The molecule has 0 radical (unpaired) electrons. The van der Waals surface area contributed by atoms with Crippen LogP contribution in [0, 0.1) is 0 Å². The van der Waals surface area contributed by atoms with Crippen LogP contribution in [-0.4, -0.2) is 34.3 Å². The van der Waals surface area contributed by atoms with Crippen molar-refractivity contribution >= 4 is 35.0 Å². The lowest BCUT2D eigenvalue weighted by molar-refractivity contribution is -0.136. The zero-order valence-corrected chi connectivity index (χ0v) is 17.1. The second-order valence-electron chi connectivity index (χ2n) is 6.14. The molecule has 0 aliphatic rings. The van der Waals surface area contributed by atoms with E-state index in [0.29, 0.717) is 16.1 Å². The van der Waals surface area contributed by atoms with E-state index in [-0.39, 0.29) is 23.2 Å². The maximum atomic E-state index is 11.7. The Morgan fingerprint density at radius 3 is 2.59 bits per heavy atom. The number of allylic oxidation sites excluding steroid dienone is 2. The van der Waals surface area contributed by atoms with Crippen molar-refractivity contribution in [1.82, 2.24) is 9.78 Å². The average Bonchev–Trinajstić information content (AvgIpc) is 3.20. The molecule has 152 valence electrons. The first-order valence-corrected chi connectivity index (χ1v) is 9.48. The minimum Gasteiger partial charge on any atom is -0.464 e. The van der Waals surface area contributed by atoms with E-state index in [0.717, 1.165) is 23.0 Å². The van der Waals surface area contributed by atoms with Crippen molar-refractivity contribution in [2.24, 2.45) is 11.5 Å². The molecule has 4 N–H and O–H groups in total. The monoisotopic (exact) mass is 414 g/mol. The van der Waals surface area contributed by atoms with Gasteiger partial charge in [-0.3, -0.25) is 9.59 Å². The van der Waals surface area contributed by atoms with Gasteiger partial charge in [-0.15, -0.1) is 0 Å². The van der Waals surface area contributed by atoms with Crippen LogP contribution in [0.25, 0.3) is 5.82 Å². The average molecular weight is 414 g/mol. The van der Waals surface area contributed by atoms with Crippen molar-refractivity contribution in [3.05, 3.63) is 65.1 Å². The lowest BCUT2D eigenvalue weighted by Crippen LogP contribution is -2.13. The lowest BCUT2D eigenvalue weighted by Gasteiger charge is -2.12. The minimum atomic E-state index is -0.651. The third-order valence-corrected chi connectivity index (χ3v) is 4.92. The molecule has 1 aromatic carbocycles. The third-order valence-electron chi connectivity index (χ3n) is 4.23. The Morgan fingerprint density at radius 1 is 1.24 bits per heavy atom. The topological polar surface area (TPSA) is 130 Å². The van der Waals surface area contributed by atoms with E-state index >= 15 is 0 Å². The molecule has 1 unspecified atom stereocenters. The van der Waals surface area contributed by atoms with Crippen LogP contribution in [0.1, 0.15) is 41.4 Å². The van der Waals surface area contributed by atoms with Gasteiger partial charge < -0.3 is 16.2 Å². The van der Waals surface area contributed by atoms with Gasteiger partial charge in [-0.1, -0.05) is 24.8 Å². The molecule has 0 aliphatic heterocycles. The highest BCUT2D eigenvalue weighted by molar-refractivity contribution is 8.12. The largest absolute Gasteiger partial charge is 0.464 e. The summed E-state index contributed by atoms with van der Waals surface area (Å²) in [6.45, 7) is 3.42. The van der Waals surface area contributed by atoms with Crippen LogP contribution < -0.4 is 11.5 Å². The molecule has 8 nitrogen and oxygen atoms in total. The molecule has 0 fully saturated rings. The van der Waals surface area contributed by atoms with Crippen LogP contribution in [0.15, 0.2) is 53.2 Å². The number of benzene rings is 1. The summed E-state index contributed by atoms with van der Waals surface area (Å²) >= 11 is 0.968.